The van der Waals surface area contributed by atoms with Crippen molar-refractivity contribution in [2.75, 3.05) is 0 Å². The summed E-state index contributed by atoms with van der Waals surface area (Å²) in [7, 11) is 0. The zero-order chi connectivity index (χ0) is 12.0. The number of fused-ring (bicyclic) bond motifs is 3. The van der Waals surface area contributed by atoms with Gasteiger partial charge in [-0.05, 0) is 17.5 Å². The molecule has 1 N–H and O–H groups in total. The standard InChI is InChI=1S/C13H10N2O2/c1-8(16)10-7-15-6-5-9-3-2-4-11(17)12(9)13(15)14-10/h2-7,17H,1H3. The second kappa shape index (κ2) is 3.31. The van der Waals surface area contributed by atoms with E-state index in [4.69, 9.17) is 0 Å². The highest BCUT2D eigenvalue weighted by Gasteiger charge is 2.10. The van der Waals surface area contributed by atoms with Crippen molar-refractivity contribution in [3.05, 3.63) is 42.4 Å². The number of Topliss-reactive ketones (excluding diaryl/α,β-unsaturated/α-hetero) is 1. The lowest BCUT2D eigenvalue weighted by Gasteiger charge is -2.02. The van der Waals surface area contributed by atoms with Gasteiger partial charge in [-0.15, -0.1) is 0 Å². The van der Waals surface area contributed by atoms with E-state index in [1.807, 2.05) is 18.3 Å². The van der Waals surface area contributed by atoms with Crippen LogP contribution in [0.2, 0.25) is 0 Å². The molecule has 3 aromatic rings. The molecule has 2 aromatic heterocycles. The van der Waals surface area contributed by atoms with Crippen molar-refractivity contribution in [3.8, 4) is 5.75 Å². The highest BCUT2D eigenvalue weighted by Crippen LogP contribution is 2.28. The normalized spacial score (nSPS) is 11.1. The molecule has 3 rings (SSSR count). The third kappa shape index (κ3) is 1.38. The van der Waals surface area contributed by atoms with Gasteiger partial charge in [-0.2, -0.15) is 0 Å². The van der Waals surface area contributed by atoms with Crippen LogP contribution in [0.5, 0.6) is 5.75 Å². The van der Waals surface area contributed by atoms with Crippen LogP contribution in [0.15, 0.2) is 36.7 Å². The Bertz CT molecular complexity index is 744. The van der Waals surface area contributed by atoms with Gasteiger partial charge in [-0.3, -0.25) is 4.79 Å². The number of ketones is 1. The van der Waals surface area contributed by atoms with Crippen molar-refractivity contribution >= 4 is 22.2 Å². The summed E-state index contributed by atoms with van der Waals surface area (Å²) in [5.41, 5.74) is 1.01. The Balaban J connectivity index is 2.50. The predicted molar refractivity (Wildman–Crippen MR) is 64.4 cm³/mol. The van der Waals surface area contributed by atoms with Gasteiger partial charge in [0, 0.05) is 19.3 Å². The fourth-order valence-corrected chi connectivity index (χ4v) is 1.96. The lowest BCUT2D eigenvalue weighted by molar-refractivity contribution is 0.101. The van der Waals surface area contributed by atoms with Gasteiger partial charge >= 0.3 is 0 Å². The van der Waals surface area contributed by atoms with Crippen molar-refractivity contribution < 1.29 is 9.90 Å². The highest BCUT2D eigenvalue weighted by atomic mass is 16.3. The number of carbonyl (C=O) groups excluding carboxylic acids is 1. The summed E-state index contributed by atoms with van der Waals surface area (Å²) in [4.78, 5) is 15.6. The van der Waals surface area contributed by atoms with Gasteiger partial charge in [0.15, 0.2) is 5.78 Å². The van der Waals surface area contributed by atoms with E-state index in [1.165, 1.54) is 6.92 Å². The Kier molecular flexibility index (Phi) is 1.92. The van der Waals surface area contributed by atoms with E-state index in [1.54, 1.807) is 22.7 Å². The average Bonchev–Trinajstić information content (AvgIpc) is 2.73. The van der Waals surface area contributed by atoms with Crippen LogP contribution in [0.1, 0.15) is 17.4 Å². The molecule has 17 heavy (non-hydrogen) atoms. The Morgan fingerprint density at radius 3 is 2.94 bits per heavy atom. The SMILES string of the molecule is CC(=O)c1cn2ccc3cccc(O)c3c2n1. The lowest BCUT2D eigenvalue weighted by Crippen LogP contribution is -1.90. The number of aromatic nitrogens is 2. The molecule has 0 saturated carbocycles. The van der Waals surface area contributed by atoms with Gasteiger partial charge in [0.05, 0.1) is 5.39 Å². The quantitative estimate of drug-likeness (QED) is 0.648. The number of pyridine rings is 1. The van der Waals surface area contributed by atoms with Gasteiger partial charge in [0.25, 0.3) is 0 Å². The Hall–Kier alpha value is -2.36. The maximum absolute atomic E-state index is 11.3. The summed E-state index contributed by atoms with van der Waals surface area (Å²) in [5.74, 6) is 0.0890. The van der Waals surface area contributed by atoms with Crippen LogP contribution in [0, 0.1) is 0 Å². The second-order valence-corrected chi connectivity index (χ2v) is 3.97. The third-order valence-electron chi connectivity index (χ3n) is 2.81. The summed E-state index contributed by atoms with van der Waals surface area (Å²) in [6.45, 7) is 1.48. The van der Waals surface area contributed by atoms with Gasteiger partial charge < -0.3 is 9.51 Å². The molecule has 0 fully saturated rings. The van der Waals surface area contributed by atoms with Crippen LogP contribution >= 0.6 is 0 Å². The topological polar surface area (TPSA) is 54.6 Å². The third-order valence-corrected chi connectivity index (χ3v) is 2.81. The summed E-state index contributed by atoms with van der Waals surface area (Å²) in [5, 5.41) is 11.4. The highest BCUT2D eigenvalue weighted by molar-refractivity contribution is 6.00. The van der Waals surface area contributed by atoms with Crippen LogP contribution in [0.25, 0.3) is 16.4 Å². The molecule has 84 valence electrons. The van der Waals surface area contributed by atoms with E-state index in [0.717, 1.165) is 5.39 Å². The first-order valence-corrected chi connectivity index (χ1v) is 5.27. The zero-order valence-corrected chi connectivity index (χ0v) is 9.21. The Morgan fingerprint density at radius 2 is 2.18 bits per heavy atom. The van der Waals surface area contributed by atoms with Crippen LogP contribution in [-0.4, -0.2) is 20.3 Å². The van der Waals surface area contributed by atoms with E-state index < -0.39 is 0 Å². The summed E-state index contributed by atoms with van der Waals surface area (Å²) in [6.07, 6.45) is 3.50. The monoisotopic (exact) mass is 226 g/mol. The number of nitrogens with zero attached hydrogens (tertiary/aromatic N) is 2. The van der Waals surface area contributed by atoms with Gasteiger partial charge in [-0.25, -0.2) is 4.98 Å². The number of phenols is 1. The Morgan fingerprint density at radius 1 is 1.35 bits per heavy atom. The number of hydrogen-bond donors (Lipinski definition) is 1. The number of aromatic hydroxyl groups is 1. The molecule has 0 amide bonds. The van der Waals surface area contributed by atoms with Crippen molar-refractivity contribution in [3.63, 3.8) is 0 Å². The number of benzene rings is 1. The number of hydrogen-bond acceptors (Lipinski definition) is 3. The predicted octanol–water partition coefficient (Wildman–Crippen LogP) is 2.40. The summed E-state index contributed by atoms with van der Waals surface area (Å²) in [6, 6.07) is 7.18. The number of rotatable bonds is 1. The number of phenolic OH excluding ortho intramolecular Hbond substituents is 1. The van der Waals surface area contributed by atoms with E-state index in [2.05, 4.69) is 4.98 Å². The van der Waals surface area contributed by atoms with Crippen LogP contribution in [-0.2, 0) is 0 Å². The van der Waals surface area contributed by atoms with Gasteiger partial charge in [-0.1, -0.05) is 12.1 Å². The van der Waals surface area contributed by atoms with Crippen LogP contribution in [0.3, 0.4) is 0 Å². The zero-order valence-electron chi connectivity index (χ0n) is 9.21. The molecule has 0 aliphatic heterocycles. The summed E-state index contributed by atoms with van der Waals surface area (Å²) >= 11 is 0. The fourth-order valence-electron chi connectivity index (χ4n) is 1.96. The van der Waals surface area contributed by atoms with E-state index in [-0.39, 0.29) is 11.5 Å². The molecule has 2 heterocycles. The van der Waals surface area contributed by atoms with Crippen molar-refractivity contribution in [2.24, 2.45) is 0 Å². The van der Waals surface area contributed by atoms with Crippen molar-refractivity contribution in [1.29, 1.82) is 0 Å². The summed E-state index contributed by atoms with van der Waals surface area (Å²) < 4.78 is 1.75. The number of carbonyl (C=O) groups is 1. The minimum atomic E-state index is -0.0859. The number of imidazole rings is 1. The molecule has 1 aromatic carbocycles. The lowest BCUT2D eigenvalue weighted by atomic mass is 10.1. The molecule has 0 aliphatic rings. The first-order valence-electron chi connectivity index (χ1n) is 5.27. The first-order chi connectivity index (χ1) is 8.16. The van der Waals surface area contributed by atoms with Crippen LogP contribution in [0.4, 0.5) is 0 Å². The van der Waals surface area contributed by atoms with Crippen LogP contribution < -0.4 is 0 Å². The van der Waals surface area contributed by atoms with E-state index >= 15 is 0 Å². The fraction of sp³-hybridized carbons (Fsp3) is 0.0769. The van der Waals surface area contributed by atoms with Crippen molar-refractivity contribution in [1.82, 2.24) is 9.38 Å². The molecule has 0 saturated heterocycles. The minimum absolute atomic E-state index is 0.0859. The van der Waals surface area contributed by atoms with Crippen molar-refractivity contribution in [2.45, 2.75) is 6.92 Å². The molecule has 0 aliphatic carbocycles. The molecular weight excluding hydrogens is 216 g/mol. The van der Waals surface area contributed by atoms with E-state index in [0.29, 0.717) is 16.7 Å². The van der Waals surface area contributed by atoms with Gasteiger partial charge in [0.1, 0.15) is 17.1 Å². The molecule has 0 unspecified atom stereocenters. The first kappa shape index (κ1) is 9.84. The smallest absolute Gasteiger partial charge is 0.179 e. The molecule has 0 radical (unpaired) electrons. The largest absolute Gasteiger partial charge is 0.507 e. The van der Waals surface area contributed by atoms with E-state index in [9.17, 15) is 9.90 Å². The molecule has 0 spiro atoms. The molecule has 4 heteroatoms. The maximum Gasteiger partial charge on any atom is 0.179 e. The second-order valence-electron chi connectivity index (χ2n) is 3.97. The average molecular weight is 226 g/mol. The molecule has 4 nitrogen and oxygen atoms in total. The minimum Gasteiger partial charge on any atom is -0.507 e. The Labute approximate surface area is 97.1 Å². The maximum atomic E-state index is 11.3. The van der Waals surface area contributed by atoms with Gasteiger partial charge in [0.2, 0.25) is 0 Å². The molecular formula is C13H10N2O2. The molecule has 0 bridgehead atoms. The molecule has 0 atom stereocenters.